The molecular formula is C12H14BF4N3O2S2. The van der Waals surface area contributed by atoms with Crippen molar-refractivity contribution < 1.29 is 22.2 Å². The Hall–Kier alpha value is -1.82. The third-order valence-corrected chi connectivity index (χ3v) is 4.97. The van der Waals surface area contributed by atoms with Gasteiger partial charge in [-0.15, -0.1) is 0 Å². The summed E-state index contributed by atoms with van der Waals surface area (Å²) in [6, 6.07) is 6.52. The molecular weight excluding hydrogens is 369 g/mol. The maximum atomic E-state index is 10.6. The molecule has 0 aliphatic carbocycles. The van der Waals surface area contributed by atoms with E-state index in [1.54, 1.807) is 23.5 Å². The number of hydrogen-bond acceptors (Lipinski definition) is 5. The number of aromatic nitrogens is 1. The number of nitro benzene ring substituents is 1. The number of rotatable bonds is 4. The summed E-state index contributed by atoms with van der Waals surface area (Å²) in [6.45, 7) is 6.13. The van der Waals surface area contributed by atoms with Crippen molar-refractivity contribution in [2.24, 2.45) is 0 Å². The lowest BCUT2D eigenvalue weighted by atomic mass is 10.2. The van der Waals surface area contributed by atoms with Gasteiger partial charge in [-0.3, -0.25) is 10.1 Å². The van der Waals surface area contributed by atoms with Crippen molar-refractivity contribution in [3.05, 3.63) is 38.4 Å². The van der Waals surface area contributed by atoms with Gasteiger partial charge in [0, 0.05) is 29.2 Å². The number of hydrogen-bond donors (Lipinski definition) is 0. The lowest BCUT2D eigenvalue weighted by Crippen LogP contribution is -2.25. The van der Waals surface area contributed by atoms with E-state index in [1.807, 2.05) is 0 Å². The normalized spacial score (nSPS) is 10.8. The van der Waals surface area contributed by atoms with Gasteiger partial charge in [0.25, 0.3) is 5.69 Å². The molecule has 0 saturated heterocycles. The van der Waals surface area contributed by atoms with Gasteiger partial charge in [-0.25, -0.2) is 4.58 Å². The molecule has 2 rings (SSSR count). The van der Waals surface area contributed by atoms with E-state index in [-0.39, 0.29) is 5.69 Å². The van der Waals surface area contributed by atoms with Crippen LogP contribution in [-0.4, -0.2) is 29.6 Å². The second-order valence-corrected chi connectivity index (χ2v) is 6.31. The molecule has 24 heavy (non-hydrogen) atoms. The van der Waals surface area contributed by atoms with Crippen molar-refractivity contribution in [2.75, 3.05) is 13.1 Å². The number of halogens is 4. The molecule has 1 aromatic carbocycles. The van der Waals surface area contributed by atoms with E-state index in [0.717, 1.165) is 23.7 Å². The molecule has 2 aromatic rings. The Morgan fingerprint density at radius 3 is 2.04 bits per heavy atom. The topological polar surface area (TPSA) is 59.0 Å². The van der Waals surface area contributed by atoms with Gasteiger partial charge in [0.2, 0.25) is 0 Å². The van der Waals surface area contributed by atoms with E-state index >= 15 is 0 Å². The first-order valence-corrected chi connectivity index (χ1v) is 8.41. The minimum atomic E-state index is -6.00. The quantitative estimate of drug-likeness (QED) is 0.265. The molecule has 1 heterocycles. The summed E-state index contributed by atoms with van der Waals surface area (Å²) in [6.07, 6.45) is 0. The zero-order valence-corrected chi connectivity index (χ0v) is 14.4. The van der Waals surface area contributed by atoms with Gasteiger partial charge < -0.3 is 17.3 Å². The van der Waals surface area contributed by atoms with Crippen molar-refractivity contribution in [1.82, 2.24) is 8.95 Å². The summed E-state index contributed by atoms with van der Waals surface area (Å²) in [5.41, 5.74) is 1.03. The Kier molecular flexibility index (Phi) is 7.48. The van der Waals surface area contributed by atoms with Crippen LogP contribution in [0.1, 0.15) is 13.8 Å². The predicted octanol–water partition coefficient (Wildman–Crippen LogP) is 3.89. The molecule has 1 aromatic heterocycles. The highest BCUT2D eigenvalue weighted by atomic mass is 32.2. The van der Waals surface area contributed by atoms with Crippen LogP contribution in [0.4, 0.5) is 23.0 Å². The molecule has 0 N–H and O–H groups in total. The van der Waals surface area contributed by atoms with Crippen molar-refractivity contribution in [3.63, 3.8) is 0 Å². The molecule has 0 radical (unpaired) electrons. The zero-order chi connectivity index (χ0) is 18.3. The van der Waals surface area contributed by atoms with Crippen LogP contribution < -0.4 is 8.56 Å². The van der Waals surface area contributed by atoms with Crippen LogP contribution in [0.5, 0.6) is 0 Å². The van der Waals surface area contributed by atoms with Gasteiger partial charge in [0.15, 0.2) is 0 Å². The van der Waals surface area contributed by atoms with Crippen molar-refractivity contribution >= 4 is 35.8 Å². The summed E-state index contributed by atoms with van der Waals surface area (Å²) in [7, 11) is -6.00. The largest absolute Gasteiger partial charge is 0.673 e. The zero-order valence-electron chi connectivity index (χ0n) is 12.8. The standard InChI is InChI=1S/C12H14N3O2S2.BF4/c1-3-14(4-2)12-18-11(13-19-12)9-5-7-10(8-6-9)15(16)17;2-1(3,4)5/h5-8H,3-4H2,1-2H3;/q+1;-1. The molecule has 0 aliphatic rings. The molecule has 0 amide bonds. The lowest BCUT2D eigenvalue weighted by Gasteiger charge is -1.94. The molecule has 0 atom stereocenters. The number of nitro groups is 1. The summed E-state index contributed by atoms with van der Waals surface area (Å²) in [5, 5.41) is 11.5. The highest BCUT2D eigenvalue weighted by molar-refractivity contribution is 7.25. The second-order valence-electron chi connectivity index (χ2n) is 4.33. The summed E-state index contributed by atoms with van der Waals surface area (Å²) in [5.74, 6) is 0. The summed E-state index contributed by atoms with van der Waals surface area (Å²) in [4.78, 5) is 10.2. The third kappa shape index (κ3) is 6.75. The van der Waals surface area contributed by atoms with E-state index in [0.29, 0.717) is 0 Å². The second kappa shape index (κ2) is 8.88. The SMILES string of the molecule is CC[N+](CC)=c1snc(-c2ccc([N+](=O)[O-])cc2)s1.F[B-](F)(F)F. The van der Waals surface area contributed by atoms with Crippen LogP contribution in [-0.2, 0) is 0 Å². The minimum absolute atomic E-state index is 0.105. The van der Waals surface area contributed by atoms with E-state index in [2.05, 4.69) is 22.8 Å². The fourth-order valence-electron chi connectivity index (χ4n) is 1.64. The number of nitrogens with zero attached hydrogens (tertiary/aromatic N) is 3. The maximum Gasteiger partial charge on any atom is 0.673 e. The van der Waals surface area contributed by atoms with E-state index < -0.39 is 12.2 Å². The molecule has 12 heteroatoms. The highest BCUT2D eigenvalue weighted by Gasteiger charge is 2.20. The molecule has 0 fully saturated rings. The molecule has 0 spiro atoms. The smallest absolute Gasteiger partial charge is 0.418 e. The van der Waals surface area contributed by atoms with Crippen LogP contribution in [0.2, 0.25) is 0 Å². The summed E-state index contributed by atoms with van der Waals surface area (Å²) >= 11 is 3.09. The molecule has 132 valence electrons. The monoisotopic (exact) mass is 383 g/mol. The first-order valence-electron chi connectivity index (χ1n) is 6.82. The van der Waals surface area contributed by atoms with Gasteiger partial charge >= 0.3 is 11.2 Å². The highest BCUT2D eigenvalue weighted by Crippen LogP contribution is 2.23. The van der Waals surface area contributed by atoms with Gasteiger partial charge in [-0.1, -0.05) is 0 Å². The van der Waals surface area contributed by atoms with Crippen LogP contribution in [0.25, 0.3) is 10.6 Å². The first kappa shape index (κ1) is 20.2. The van der Waals surface area contributed by atoms with Crippen molar-refractivity contribution in [2.45, 2.75) is 13.8 Å². The minimum Gasteiger partial charge on any atom is -0.418 e. The fraction of sp³-hybridized carbons (Fsp3) is 0.333. The van der Waals surface area contributed by atoms with Crippen LogP contribution in [0.15, 0.2) is 24.3 Å². The molecule has 0 bridgehead atoms. The van der Waals surface area contributed by atoms with Gasteiger partial charge in [-0.2, -0.15) is 4.37 Å². The van der Waals surface area contributed by atoms with Crippen LogP contribution in [0.3, 0.4) is 0 Å². The Morgan fingerprint density at radius 1 is 1.12 bits per heavy atom. The summed E-state index contributed by atoms with van der Waals surface area (Å²) < 4.78 is 46.8. The predicted molar refractivity (Wildman–Crippen MR) is 88.6 cm³/mol. The lowest BCUT2D eigenvalue weighted by molar-refractivity contribution is -0.384. The van der Waals surface area contributed by atoms with E-state index in [1.165, 1.54) is 27.6 Å². The molecule has 5 nitrogen and oxygen atoms in total. The first-order chi connectivity index (χ1) is 11.2. The molecule has 0 aliphatic heterocycles. The molecule has 0 saturated carbocycles. The third-order valence-electron chi connectivity index (χ3n) is 2.74. The van der Waals surface area contributed by atoms with E-state index in [9.17, 15) is 27.4 Å². The Morgan fingerprint density at radius 2 is 1.62 bits per heavy atom. The maximum absolute atomic E-state index is 10.6. The number of benzene rings is 1. The van der Waals surface area contributed by atoms with Gasteiger partial charge in [0.05, 0.1) is 4.92 Å². The average Bonchev–Trinajstić information content (AvgIpc) is 2.97. The average molecular weight is 383 g/mol. The number of non-ortho nitro benzene ring substituents is 1. The van der Waals surface area contributed by atoms with Crippen molar-refractivity contribution in [3.8, 4) is 10.6 Å². The van der Waals surface area contributed by atoms with Crippen LogP contribution >= 0.6 is 22.9 Å². The fourth-order valence-corrected chi connectivity index (χ4v) is 3.85. The molecule has 0 unspecified atom stereocenters. The van der Waals surface area contributed by atoms with Crippen molar-refractivity contribution in [1.29, 1.82) is 0 Å². The van der Waals surface area contributed by atoms with E-state index in [4.69, 9.17) is 0 Å². The Bertz CT molecular complexity index is 732. The van der Waals surface area contributed by atoms with Gasteiger partial charge in [0.1, 0.15) is 18.1 Å². The van der Waals surface area contributed by atoms with Crippen LogP contribution in [0, 0.1) is 10.1 Å². The van der Waals surface area contributed by atoms with Gasteiger partial charge in [-0.05, 0) is 37.3 Å². The Labute approximate surface area is 143 Å². The Balaban J connectivity index is 0.000000505.